The lowest BCUT2D eigenvalue weighted by atomic mass is 10.3. The second-order valence-corrected chi connectivity index (χ2v) is 6.62. The molecule has 3 aromatic rings. The second kappa shape index (κ2) is 8.01. The molecule has 3 heterocycles. The first-order valence-electron chi connectivity index (χ1n) is 8.32. The summed E-state index contributed by atoms with van der Waals surface area (Å²) in [5, 5.41) is 16.2. The Morgan fingerprint density at radius 2 is 1.96 bits per heavy atom. The van der Waals surface area contributed by atoms with Crippen LogP contribution in [-0.2, 0) is 9.59 Å². The molecule has 0 radical (unpaired) electrons. The van der Waals surface area contributed by atoms with Gasteiger partial charge in [0.2, 0.25) is 5.91 Å². The fourth-order valence-corrected chi connectivity index (χ4v) is 3.02. The molecule has 0 spiro atoms. The SMILES string of the molecule is O=C(CSc1nnc(-c2ccccn2)o1)NC1=NN(c2ccccc2)C(=O)C1. The molecular formula is C18H14N6O3S. The van der Waals surface area contributed by atoms with Gasteiger partial charge in [0.05, 0.1) is 17.9 Å². The predicted octanol–water partition coefficient (Wildman–Crippen LogP) is 2.09. The van der Waals surface area contributed by atoms with Crippen molar-refractivity contribution in [1.82, 2.24) is 20.5 Å². The molecule has 0 atom stereocenters. The van der Waals surface area contributed by atoms with Gasteiger partial charge < -0.3 is 9.73 Å². The molecule has 4 rings (SSSR count). The van der Waals surface area contributed by atoms with Crippen LogP contribution in [0.2, 0.25) is 0 Å². The number of nitrogens with zero attached hydrogens (tertiary/aromatic N) is 5. The zero-order valence-corrected chi connectivity index (χ0v) is 15.3. The third-order valence-electron chi connectivity index (χ3n) is 3.68. The first-order chi connectivity index (χ1) is 13.7. The first kappa shape index (κ1) is 17.9. The van der Waals surface area contributed by atoms with Crippen molar-refractivity contribution < 1.29 is 14.0 Å². The van der Waals surface area contributed by atoms with Crippen LogP contribution in [0.1, 0.15) is 6.42 Å². The van der Waals surface area contributed by atoms with E-state index in [0.29, 0.717) is 17.2 Å². The van der Waals surface area contributed by atoms with Gasteiger partial charge in [0.1, 0.15) is 11.5 Å². The molecule has 0 fully saturated rings. The standard InChI is InChI=1S/C18H14N6O3S/c25-15(11-28-18-22-21-17(27-18)13-8-4-5-9-19-13)20-14-10-16(26)24(23-14)12-6-2-1-3-7-12/h1-9H,10-11H2,(H,20,23,25). The number of nitrogens with one attached hydrogen (secondary N) is 1. The lowest BCUT2D eigenvalue weighted by molar-refractivity contribution is -0.117. The average molecular weight is 394 g/mol. The number of hydrazone groups is 1. The van der Waals surface area contributed by atoms with Crippen molar-refractivity contribution in [2.24, 2.45) is 5.10 Å². The zero-order chi connectivity index (χ0) is 19.3. The van der Waals surface area contributed by atoms with E-state index in [4.69, 9.17) is 4.42 Å². The fourth-order valence-electron chi connectivity index (χ4n) is 2.46. The number of anilines is 1. The first-order valence-corrected chi connectivity index (χ1v) is 9.30. The van der Waals surface area contributed by atoms with E-state index in [1.165, 1.54) is 5.01 Å². The number of hydrogen-bond donors (Lipinski definition) is 1. The Bertz CT molecular complexity index is 1020. The van der Waals surface area contributed by atoms with Crippen molar-refractivity contribution in [2.45, 2.75) is 11.6 Å². The van der Waals surface area contributed by atoms with Crippen molar-refractivity contribution in [3.8, 4) is 11.6 Å². The molecule has 1 N–H and O–H groups in total. The van der Waals surface area contributed by atoms with Gasteiger partial charge in [-0.25, -0.2) is 0 Å². The summed E-state index contributed by atoms with van der Waals surface area (Å²) in [6.07, 6.45) is 1.66. The summed E-state index contributed by atoms with van der Waals surface area (Å²) in [6, 6.07) is 14.4. The summed E-state index contributed by atoms with van der Waals surface area (Å²) >= 11 is 1.09. The van der Waals surface area contributed by atoms with Gasteiger partial charge in [-0.15, -0.1) is 10.2 Å². The molecule has 140 valence electrons. The predicted molar refractivity (Wildman–Crippen MR) is 102 cm³/mol. The van der Waals surface area contributed by atoms with Crippen LogP contribution in [0.5, 0.6) is 0 Å². The zero-order valence-electron chi connectivity index (χ0n) is 14.5. The Kier molecular flexibility index (Phi) is 5.11. The minimum absolute atomic E-state index is 0.0374. The third-order valence-corrected chi connectivity index (χ3v) is 4.50. The summed E-state index contributed by atoms with van der Waals surface area (Å²) in [7, 11) is 0. The Morgan fingerprint density at radius 3 is 2.75 bits per heavy atom. The Labute approximate surface area is 163 Å². The summed E-state index contributed by atoms with van der Waals surface area (Å²) in [4.78, 5) is 28.4. The maximum atomic E-state index is 12.2. The largest absolute Gasteiger partial charge is 0.410 e. The van der Waals surface area contributed by atoms with Gasteiger partial charge in [-0.2, -0.15) is 10.1 Å². The number of para-hydroxylation sites is 1. The van der Waals surface area contributed by atoms with Gasteiger partial charge in [-0.1, -0.05) is 36.0 Å². The molecule has 2 aromatic heterocycles. The maximum absolute atomic E-state index is 12.2. The van der Waals surface area contributed by atoms with Crippen LogP contribution in [0.25, 0.3) is 11.6 Å². The monoisotopic (exact) mass is 394 g/mol. The number of amides is 2. The molecule has 9 nitrogen and oxygen atoms in total. The van der Waals surface area contributed by atoms with E-state index < -0.39 is 0 Å². The number of carbonyl (C=O) groups is 2. The number of benzene rings is 1. The summed E-state index contributed by atoms with van der Waals surface area (Å²) in [5.74, 6) is 0.115. The lowest BCUT2D eigenvalue weighted by Crippen LogP contribution is -2.31. The molecule has 0 saturated heterocycles. The molecule has 2 amide bonds. The average Bonchev–Trinajstić information content (AvgIpc) is 3.34. The second-order valence-electron chi connectivity index (χ2n) is 5.69. The van der Waals surface area contributed by atoms with Crippen LogP contribution in [0, 0.1) is 0 Å². The molecule has 1 aliphatic rings. The van der Waals surface area contributed by atoms with Gasteiger partial charge in [0.25, 0.3) is 17.0 Å². The Morgan fingerprint density at radius 1 is 1.14 bits per heavy atom. The molecular weight excluding hydrogens is 380 g/mol. The topological polar surface area (TPSA) is 114 Å². The normalized spacial score (nSPS) is 13.5. The van der Waals surface area contributed by atoms with Crippen LogP contribution in [0.3, 0.4) is 0 Å². The maximum Gasteiger partial charge on any atom is 0.277 e. The van der Waals surface area contributed by atoms with E-state index in [2.05, 4.69) is 25.6 Å². The lowest BCUT2D eigenvalue weighted by Gasteiger charge is -2.10. The molecule has 0 saturated carbocycles. The highest BCUT2D eigenvalue weighted by Crippen LogP contribution is 2.22. The van der Waals surface area contributed by atoms with Gasteiger partial charge in [-0.3, -0.25) is 14.6 Å². The number of aromatic nitrogens is 3. The number of pyridine rings is 1. The van der Waals surface area contributed by atoms with E-state index in [1.54, 1.807) is 30.5 Å². The van der Waals surface area contributed by atoms with Gasteiger partial charge in [0, 0.05) is 6.20 Å². The Balaban J connectivity index is 1.33. The van der Waals surface area contributed by atoms with Crippen molar-refractivity contribution in [3.63, 3.8) is 0 Å². The minimum Gasteiger partial charge on any atom is -0.410 e. The summed E-state index contributed by atoms with van der Waals surface area (Å²) < 4.78 is 5.49. The molecule has 28 heavy (non-hydrogen) atoms. The molecule has 1 aromatic carbocycles. The van der Waals surface area contributed by atoms with Crippen LogP contribution >= 0.6 is 11.8 Å². The molecule has 0 bridgehead atoms. The number of rotatable bonds is 5. The Hall–Kier alpha value is -3.53. The molecule has 10 heteroatoms. The van der Waals surface area contributed by atoms with Crippen molar-refractivity contribution in [3.05, 3.63) is 54.7 Å². The highest BCUT2D eigenvalue weighted by molar-refractivity contribution is 7.99. The molecule has 0 unspecified atom stereocenters. The smallest absolute Gasteiger partial charge is 0.277 e. The van der Waals surface area contributed by atoms with Crippen LogP contribution in [0.15, 0.2) is 69.5 Å². The van der Waals surface area contributed by atoms with Crippen molar-refractivity contribution >= 4 is 35.1 Å². The summed E-state index contributed by atoms with van der Waals surface area (Å²) in [6.45, 7) is 0. The summed E-state index contributed by atoms with van der Waals surface area (Å²) in [5.41, 5.74) is 1.21. The highest BCUT2D eigenvalue weighted by atomic mass is 32.2. The minimum atomic E-state index is -0.316. The van der Waals surface area contributed by atoms with E-state index in [-0.39, 0.29) is 35.1 Å². The number of amidine groups is 1. The van der Waals surface area contributed by atoms with Gasteiger partial charge in [0.15, 0.2) is 0 Å². The van der Waals surface area contributed by atoms with Gasteiger partial charge in [-0.05, 0) is 24.3 Å². The number of hydrogen-bond acceptors (Lipinski definition) is 8. The van der Waals surface area contributed by atoms with Crippen LogP contribution < -0.4 is 10.3 Å². The number of carbonyl (C=O) groups excluding carboxylic acids is 2. The molecule has 1 aliphatic heterocycles. The van der Waals surface area contributed by atoms with E-state index in [9.17, 15) is 9.59 Å². The van der Waals surface area contributed by atoms with Gasteiger partial charge >= 0.3 is 0 Å². The van der Waals surface area contributed by atoms with E-state index in [0.717, 1.165) is 11.8 Å². The third kappa shape index (κ3) is 4.07. The quantitative estimate of drug-likeness (QED) is 0.659. The molecule has 0 aliphatic carbocycles. The highest BCUT2D eigenvalue weighted by Gasteiger charge is 2.26. The van der Waals surface area contributed by atoms with Crippen molar-refractivity contribution in [2.75, 3.05) is 10.8 Å². The van der Waals surface area contributed by atoms with Crippen LogP contribution in [0.4, 0.5) is 5.69 Å². The number of thioether (sulfide) groups is 1. The van der Waals surface area contributed by atoms with Crippen molar-refractivity contribution in [1.29, 1.82) is 0 Å². The fraction of sp³-hybridized carbons (Fsp3) is 0.111. The van der Waals surface area contributed by atoms with E-state index >= 15 is 0 Å². The van der Waals surface area contributed by atoms with E-state index in [1.807, 2.05) is 24.3 Å². The van der Waals surface area contributed by atoms with Crippen LogP contribution in [-0.4, -0.2) is 38.6 Å².